The molecule has 1 heterocycles. The predicted molar refractivity (Wildman–Crippen MR) is 114 cm³/mol. The fourth-order valence-electron chi connectivity index (χ4n) is 3.54. The number of anilines is 1. The number of aliphatic hydroxyl groups is 1. The molecule has 3 aromatic carbocycles. The fourth-order valence-corrected chi connectivity index (χ4v) is 3.73. The van der Waals surface area contributed by atoms with Gasteiger partial charge in [-0.3, -0.25) is 14.5 Å². The lowest BCUT2D eigenvalue weighted by Gasteiger charge is -2.25. The normalized spacial score (nSPS) is 17.7. The smallest absolute Gasteiger partial charge is 0.300 e. The Kier molecular flexibility index (Phi) is 5.09. The first-order valence-electron chi connectivity index (χ1n) is 9.13. The van der Waals surface area contributed by atoms with Crippen LogP contribution in [0.2, 0.25) is 5.02 Å². The van der Waals surface area contributed by atoms with Crippen molar-refractivity contribution in [2.45, 2.75) is 6.04 Å². The minimum Gasteiger partial charge on any atom is -0.507 e. The molecule has 0 radical (unpaired) electrons. The first-order chi connectivity index (χ1) is 14.5. The lowest BCUT2D eigenvalue weighted by atomic mass is 9.95. The maximum atomic E-state index is 13.0. The van der Waals surface area contributed by atoms with E-state index < -0.39 is 17.7 Å². The van der Waals surface area contributed by atoms with E-state index in [1.807, 2.05) is 12.1 Å². The summed E-state index contributed by atoms with van der Waals surface area (Å²) >= 11 is 6.04. The molecule has 4 rings (SSSR count). The van der Waals surface area contributed by atoms with Gasteiger partial charge < -0.3 is 5.11 Å². The van der Waals surface area contributed by atoms with Crippen molar-refractivity contribution in [2.24, 2.45) is 0 Å². The minimum absolute atomic E-state index is 0.0159. The zero-order chi connectivity index (χ0) is 21.3. The molecule has 0 aliphatic carbocycles. The Morgan fingerprint density at radius 2 is 1.67 bits per heavy atom. The van der Waals surface area contributed by atoms with E-state index in [9.17, 15) is 14.7 Å². The largest absolute Gasteiger partial charge is 0.507 e. The molecule has 1 saturated heterocycles. The van der Waals surface area contributed by atoms with E-state index in [0.717, 1.165) is 0 Å². The van der Waals surface area contributed by atoms with Crippen LogP contribution in [0.15, 0.2) is 84.4 Å². The molecule has 0 bridgehead atoms. The molecule has 5 nitrogen and oxygen atoms in total. The second kappa shape index (κ2) is 7.86. The third-order valence-corrected chi connectivity index (χ3v) is 5.17. The van der Waals surface area contributed by atoms with Crippen molar-refractivity contribution >= 4 is 34.7 Å². The topological polar surface area (TPSA) is 81.4 Å². The molecule has 1 amide bonds. The molecule has 30 heavy (non-hydrogen) atoms. The summed E-state index contributed by atoms with van der Waals surface area (Å²) in [4.78, 5) is 27.3. The molecule has 3 aromatic rings. The number of carbonyl (C=O) groups is 2. The maximum Gasteiger partial charge on any atom is 0.300 e. The summed E-state index contributed by atoms with van der Waals surface area (Å²) in [5.41, 5.74) is 1.89. The van der Waals surface area contributed by atoms with Crippen molar-refractivity contribution in [3.8, 4) is 6.07 Å². The Morgan fingerprint density at radius 3 is 2.30 bits per heavy atom. The molecule has 1 N–H and O–H groups in total. The number of amides is 1. The number of nitrogens with zero attached hydrogens (tertiary/aromatic N) is 2. The Morgan fingerprint density at radius 1 is 0.967 bits per heavy atom. The third kappa shape index (κ3) is 3.34. The minimum atomic E-state index is -0.821. The molecule has 6 heteroatoms. The summed E-state index contributed by atoms with van der Waals surface area (Å²) in [7, 11) is 0. The molecule has 1 atom stereocenters. The summed E-state index contributed by atoms with van der Waals surface area (Å²) in [6.45, 7) is 0. The van der Waals surface area contributed by atoms with Gasteiger partial charge in [0.25, 0.3) is 11.7 Å². The van der Waals surface area contributed by atoms with Crippen LogP contribution in [0, 0.1) is 11.3 Å². The SMILES string of the molecule is N#Cc1ccc(N2C(=O)C(=O)/C(=C(\O)c3cccc(Cl)c3)C2c2ccccc2)cc1. The number of hydrogen-bond acceptors (Lipinski definition) is 4. The van der Waals surface area contributed by atoms with Crippen molar-refractivity contribution < 1.29 is 14.7 Å². The van der Waals surface area contributed by atoms with Gasteiger partial charge in [-0.15, -0.1) is 0 Å². The van der Waals surface area contributed by atoms with Gasteiger partial charge in [0, 0.05) is 16.3 Å². The van der Waals surface area contributed by atoms with Crippen LogP contribution < -0.4 is 4.90 Å². The van der Waals surface area contributed by atoms with Gasteiger partial charge in [0.1, 0.15) is 5.76 Å². The third-order valence-electron chi connectivity index (χ3n) is 4.93. The lowest BCUT2D eigenvalue weighted by molar-refractivity contribution is -0.132. The number of nitriles is 1. The zero-order valence-electron chi connectivity index (χ0n) is 15.6. The maximum absolute atomic E-state index is 13.0. The summed E-state index contributed by atoms with van der Waals surface area (Å²) in [5.74, 6) is -1.83. The van der Waals surface area contributed by atoms with Crippen LogP contribution in [0.4, 0.5) is 5.69 Å². The van der Waals surface area contributed by atoms with Gasteiger partial charge in [-0.2, -0.15) is 5.26 Å². The first kappa shape index (κ1) is 19.4. The van der Waals surface area contributed by atoms with Crippen molar-refractivity contribution in [3.05, 3.63) is 106 Å². The van der Waals surface area contributed by atoms with Crippen molar-refractivity contribution in [2.75, 3.05) is 4.90 Å². The summed E-state index contributed by atoms with van der Waals surface area (Å²) < 4.78 is 0. The Labute approximate surface area is 178 Å². The average Bonchev–Trinajstić information content (AvgIpc) is 3.04. The summed E-state index contributed by atoms with van der Waals surface area (Å²) in [6.07, 6.45) is 0. The number of carbonyl (C=O) groups excluding carboxylic acids is 2. The fraction of sp³-hybridized carbons (Fsp3) is 0.0417. The first-order valence-corrected chi connectivity index (χ1v) is 9.51. The summed E-state index contributed by atoms with van der Waals surface area (Å²) in [5, 5.41) is 20.4. The summed E-state index contributed by atoms with van der Waals surface area (Å²) in [6, 6.07) is 23.1. The number of aliphatic hydroxyl groups excluding tert-OH is 1. The quantitative estimate of drug-likeness (QED) is 0.378. The van der Waals surface area contributed by atoms with Crippen LogP contribution in [0.5, 0.6) is 0 Å². The average molecular weight is 415 g/mol. The van der Waals surface area contributed by atoms with E-state index in [2.05, 4.69) is 0 Å². The molecule has 146 valence electrons. The predicted octanol–water partition coefficient (Wildman–Crippen LogP) is 4.84. The second-order valence-corrected chi connectivity index (χ2v) is 7.19. The molecule has 1 aliphatic heterocycles. The van der Waals surface area contributed by atoms with Crippen molar-refractivity contribution in [3.63, 3.8) is 0 Å². The highest BCUT2D eigenvalue weighted by Gasteiger charge is 2.46. The monoisotopic (exact) mass is 414 g/mol. The van der Waals surface area contributed by atoms with Gasteiger partial charge in [-0.05, 0) is 42.0 Å². The molecular weight excluding hydrogens is 400 g/mol. The highest BCUT2D eigenvalue weighted by molar-refractivity contribution is 6.51. The number of halogens is 1. The number of Topliss-reactive ketones (excluding diaryl/α,β-unsaturated/α-hetero) is 1. The molecule has 0 aromatic heterocycles. The number of ketones is 1. The Balaban J connectivity index is 1.93. The molecular formula is C24H15ClN2O3. The molecule has 1 fully saturated rings. The standard InChI is InChI=1S/C24H15ClN2O3/c25-18-8-4-7-17(13-18)22(28)20-21(16-5-2-1-3-6-16)27(24(30)23(20)29)19-11-9-15(14-26)10-12-19/h1-13,21,28H/b22-20-. The van der Waals surface area contributed by atoms with Crippen LogP contribution in [0.25, 0.3) is 5.76 Å². The number of rotatable bonds is 3. The van der Waals surface area contributed by atoms with E-state index in [1.54, 1.807) is 66.7 Å². The Bertz CT molecular complexity index is 1210. The Hall–Kier alpha value is -3.88. The molecule has 1 unspecified atom stereocenters. The van der Waals surface area contributed by atoms with E-state index in [-0.39, 0.29) is 11.3 Å². The second-order valence-electron chi connectivity index (χ2n) is 6.75. The van der Waals surface area contributed by atoms with E-state index in [0.29, 0.717) is 27.4 Å². The van der Waals surface area contributed by atoms with Crippen LogP contribution >= 0.6 is 11.6 Å². The van der Waals surface area contributed by atoms with Crippen LogP contribution in [0.3, 0.4) is 0 Å². The van der Waals surface area contributed by atoms with Gasteiger partial charge in [0.05, 0.1) is 23.2 Å². The van der Waals surface area contributed by atoms with Crippen LogP contribution in [-0.2, 0) is 9.59 Å². The highest BCUT2D eigenvalue weighted by atomic mass is 35.5. The number of benzene rings is 3. The van der Waals surface area contributed by atoms with E-state index in [1.165, 1.54) is 11.0 Å². The van der Waals surface area contributed by atoms with Gasteiger partial charge in [-0.1, -0.05) is 54.1 Å². The lowest BCUT2D eigenvalue weighted by Crippen LogP contribution is -2.29. The highest BCUT2D eigenvalue weighted by Crippen LogP contribution is 2.42. The van der Waals surface area contributed by atoms with Gasteiger partial charge >= 0.3 is 0 Å². The van der Waals surface area contributed by atoms with E-state index >= 15 is 0 Å². The van der Waals surface area contributed by atoms with E-state index in [4.69, 9.17) is 16.9 Å². The molecule has 0 saturated carbocycles. The van der Waals surface area contributed by atoms with Crippen molar-refractivity contribution in [1.82, 2.24) is 0 Å². The van der Waals surface area contributed by atoms with Crippen LogP contribution in [0.1, 0.15) is 22.7 Å². The van der Waals surface area contributed by atoms with Gasteiger partial charge in [-0.25, -0.2) is 0 Å². The van der Waals surface area contributed by atoms with Gasteiger partial charge in [0.15, 0.2) is 0 Å². The molecule has 1 aliphatic rings. The van der Waals surface area contributed by atoms with Crippen molar-refractivity contribution in [1.29, 1.82) is 5.26 Å². The number of hydrogen-bond donors (Lipinski definition) is 1. The molecule has 0 spiro atoms. The van der Waals surface area contributed by atoms with Crippen LogP contribution in [-0.4, -0.2) is 16.8 Å². The zero-order valence-corrected chi connectivity index (χ0v) is 16.4. The van der Waals surface area contributed by atoms with Gasteiger partial charge in [0.2, 0.25) is 0 Å².